The van der Waals surface area contributed by atoms with E-state index >= 15 is 0 Å². The molecule has 135 heavy (non-hydrogen) atoms. The smallest absolute Gasteiger partial charge is 0.163 e. The Kier molecular flexibility index (Phi) is 30.6. The number of hydrogen-bond acceptors (Lipinski definition) is 15. The molecule has 15 aromatic rings. The Bertz CT molecular complexity index is 7070. The van der Waals surface area contributed by atoms with Crippen molar-refractivity contribution in [2.24, 2.45) is 0 Å². The van der Waals surface area contributed by atoms with Crippen LogP contribution in [0.3, 0.4) is 0 Å². The van der Waals surface area contributed by atoms with E-state index < -0.39 is 0 Å². The number of hydrogen-bond donors (Lipinski definition) is 5. The van der Waals surface area contributed by atoms with E-state index in [1.165, 1.54) is 137 Å². The summed E-state index contributed by atoms with van der Waals surface area (Å²) < 4.78 is 11.5. The zero-order valence-corrected chi connectivity index (χ0v) is 82.2. The summed E-state index contributed by atoms with van der Waals surface area (Å²) in [7, 11) is 8.16. The SMILES string of the molecule is C=C1CCc2c1ccc1c2c2c3c(ccc2n1CCN(CC)CC)C(=O)CC3.C=C1CCc2c1ccc1c2c2cc(C(C)=O)c(O)cc2n1CCCN(C)C.C=C1CCc2c1ccc1c2c2cc(C(C)=O)ccc2n1CCCNCCC.CC(=O)c1cc2c3cc(C(C)=O)c(O)cc3n(CCCN(C)C)c2cc1O.CC(=O)c1ccc2c(c1)c1cc(C(C)=O)ccc1n2CCNC(C)C.Cl. The fourth-order valence-electron chi connectivity index (χ4n) is 20.8. The first kappa shape index (κ1) is 98.6. The number of phenolic OH excluding ortho intramolecular Hbond substituents is 3. The minimum atomic E-state index is -0.228. The molecule has 5 aromatic heterocycles. The minimum absolute atomic E-state index is 0. The summed E-state index contributed by atoms with van der Waals surface area (Å²) in [4.78, 5) is 90.4. The predicted octanol–water partition coefficient (Wildman–Crippen LogP) is 23.4. The second-order valence-electron chi connectivity index (χ2n) is 37.7. The Morgan fingerprint density at radius 1 is 0.356 bits per heavy atom. The van der Waals surface area contributed by atoms with Gasteiger partial charge in [-0.1, -0.05) is 72.6 Å². The normalized spacial score (nSPS) is 13.3. The van der Waals surface area contributed by atoms with Crippen molar-refractivity contribution in [2.45, 2.75) is 192 Å². The second kappa shape index (κ2) is 41.8. The Hall–Kier alpha value is -12.4. The number of Topliss-reactive ketones (excluding diaryl/α,β-unsaturated/α-hetero) is 7. The molecule has 0 bridgehead atoms. The van der Waals surface area contributed by atoms with Crippen LogP contribution in [-0.4, -0.2) is 180 Å². The number of nitrogens with zero attached hydrogens (tertiary/aromatic N) is 8. The molecular weight excluding hydrogens is 1700 g/mol. The van der Waals surface area contributed by atoms with Crippen molar-refractivity contribution in [3.05, 3.63) is 237 Å². The lowest BCUT2D eigenvalue weighted by atomic mass is 9.97. The van der Waals surface area contributed by atoms with Gasteiger partial charge in [-0.05, 0) is 338 Å². The van der Waals surface area contributed by atoms with Crippen LogP contribution in [0, 0.1) is 0 Å². The first-order valence-electron chi connectivity index (χ1n) is 47.9. The lowest BCUT2D eigenvalue weighted by Crippen LogP contribution is -2.26. The topological polar surface area (TPSA) is 239 Å². The molecule has 5 N–H and O–H groups in total. The minimum Gasteiger partial charge on any atom is -0.507 e. The molecule has 0 aliphatic heterocycles. The van der Waals surface area contributed by atoms with E-state index in [9.17, 15) is 48.9 Å². The Labute approximate surface area is 797 Å². The molecule has 19 rings (SSSR count). The van der Waals surface area contributed by atoms with Gasteiger partial charge >= 0.3 is 0 Å². The quantitative estimate of drug-likeness (QED) is 0.0216. The maximum absolute atomic E-state index is 12.4. The average Bonchev–Trinajstić information content (AvgIpc) is 1.62. The molecule has 0 unspecified atom stereocenters. The van der Waals surface area contributed by atoms with Gasteiger partial charge in [-0.15, -0.1) is 12.4 Å². The summed E-state index contributed by atoms with van der Waals surface area (Å²) in [6, 6.07) is 46.1. The van der Waals surface area contributed by atoms with Crippen molar-refractivity contribution in [2.75, 3.05) is 80.5 Å². The molecule has 0 atom stereocenters. The lowest BCUT2D eigenvalue weighted by molar-refractivity contribution is 0.0988. The molecule has 0 spiro atoms. The molecule has 5 heterocycles. The van der Waals surface area contributed by atoms with Gasteiger partial charge in [0.05, 0.1) is 33.2 Å². The van der Waals surface area contributed by atoms with Gasteiger partial charge < -0.3 is 63.5 Å². The number of carbonyl (C=O) groups is 7. The van der Waals surface area contributed by atoms with Gasteiger partial charge in [0, 0.05) is 191 Å². The van der Waals surface area contributed by atoms with Gasteiger partial charge in [-0.25, -0.2) is 0 Å². The first-order valence-corrected chi connectivity index (χ1v) is 47.9. The van der Waals surface area contributed by atoms with Crippen molar-refractivity contribution >= 4 is 179 Å². The second-order valence-corrected chi connectivity index (χ2v) is 37.7. The number of likely N-dealkylation sites (N-methyl/N-ethyl adjacent to an activating group) is 1. The van der Waals surface area contributed by atoms with Gasteiger partial charge in [0.2, 0.25) is 0 Å². The number of aromatic nitrogens is 5. The molecule has 4 aliphatic rings. The molecular formula is C114H131ClN10O10. The molecule has 0 saturated heterocycles. The lowest BCUT2D eigenvalue weighted by Gasteiger charge is -2.19. The summed E-state index contributed by atoms with van der Waals surface area (Å²) >= 11 is 0. The Morgan fingerprint density at radius 2 is 0.681 bits per heavy atom. The maximum Gasteiger partial charge on any atom is 0.163 e. The highest BCUT2D eigenvalue weighted by molar-refractivity contribution is 6.20. The van der Waals surface area contributed by atoms with Crippen LogP contribution in [0.2, 0.25) is 0 Å². The van der Waals surface area contributed by atoms with Crippen LogP contribution >= 0.6 is 12.4 Å². The van der Waals surface area contributed by atoms with Gasteiger partial charge in [0.25, 0.3) is 0 Å². The highest BCUT2D eigenvalue weighted by atomic mass is 35.5. The molecule has 21 heteroatoms. The highest BCUT2D eigenvalue weighted by Gasteiger charge is 2.31. The van der Waals surface area contributed by atoms with Crippen LogP contribution in [0.5, 0.6) is 17.2 Å². The third kappa shape index (κ3) is 19.8. The fourth-order valence-corrected chi connectivity index (χ4v) is 20.8. The summed E-state index contributed by atoms with van der Waals surface area (Å²) in [5, 5.41) is 49.1. The molecule has 10 aromatic carbocycles. The number of carbonyl (C=O) groups excluding carboxylic acids is 7. The van der Waals surface area contributed by atoms with Crippen LogP contribution in [0.4, 0.5) is 0 Å². The molecule has 4 aliphatic carbocycles. The molecule has 0 saturated carbocycles. The largest absolute Gasteiger partial charge is 0.507 e. The van der Waals surface area contributed by atoms with Crippen molar-refractivity contribution < 1.29 is 48.9 Å². The summed E-state index contributed by atoms with van der Waals surface area (Å²) in [6.45, 7) is 45.2. The molecule has 20 nitrogen and oxygen atoms in total. The third-order valence-electron chi connectivity index (χ3n) is 27.8. The number of allylic oxidation sites excluding steroid dienone is 3. The van der Waals surface area contributed by atoms with Gasteiger partial charge in [0.15, 0.2) is 40.5 Å². The maximum atomic E-state index is 12.4. The highest BCUT2D eigenvalue weighted by Crippen LogP contribution is 2.48. The molecule has 704 valence electrons. The van der Waals surface area contributed by atoms with E-state index in [1.54, 1.807) is 51.1 Å². The summed E-state index contributed by atoms with van der Waals surface area (Å²) in [5.41, 5.74) is 28.1. The summed E-state index contributed by atoms with van der Waals surface area (Å²) in [5.74, 6) is -0.115. The van der Waals surface area contributed by atoms with E-state index in [2.05, 4.69) is 173 Å². The first-order chi connectivity index (χ1) is 64.2. The van der Waals surface area contributed by atoms with E-state index in [0.717, 1.165) is 208 Å². The third-order valence-corrected chi connectivity index (χ3v) is 27.8. The average molecular weight is 1840 g/mol. The number of rotatable bonds is 29. The van der Waals surface area contributed by atoms with Crippen LogP contribution in [-0.2, 0) is 58.4 Å². The van der Waals surface area contributed by atoms with Crippen LogP contribution in [0.1, 0.15) is 239 Å². The standard InChI is InChI=1S/C25H28N2O.C24H28N2O.C23H26N2O2.C21H24N2O4.C21H24N2O2.ClH/c1-4-26(5-2)14-15-27-21-11-8-17-16(3)6-7-19(17)24(21)25-20-10-13-23(28)18(20)9-12-22(25)27;1-4-12-25-13-5-14-26-22-10-7-18(17(3)27)15-21(22)24-20-8-6-16(2)19(20)9-11-23(24)26;1-14-6-7-17-16(14)8-9-20-23(17)19-12-18(15(2)26)22(27)13-21(19)25(20)11-5-10-24(3)4;1-12(24)14-8-16-17-9-15(13(2)25)21(27)11-19(17)23(7-5-6-22(3)4)18(16)10-20(14)26;1-13(2)22-9-10-23-20-7-5-16(14(3)24)11-18(20)19-12-17(15(4)25)6-8-21(19)23;/h8-9,11-12H,3-7,10,13-15H2,1-2H3;7,9-11,15,25H,2,4-6,8,12-14H2,1,3H3;8-9,12-13,27H,1,5-7,10-11H2,2-4H3;8-11,26-27H,5-7H2,1-4H3;5-8,11-13,22H,9-10H2,1-4H3;1H. The number of nitrogens with one attached hydrogen (secondary N) is 2. The van der Waals surface area contributed by atoms with E-state index in [-0.39, 0.29) is 75.5 Å². The number of benzene rings is 10. The fraction of sp³-hybridized carbons (Fsp3) is 0.360. The molecule has 0 amide bonds. The van der Waals surface area contributed by atoms with Crippen LogP contribution in [0.25, 0.3) is 126 Å². The number of fused-ring (bicyclic) bond motifs is 23. The zero-order valence-electron chi connectivity index (χ0n) is 81.3. The summed E-state index contributed by atoms with van der Waals surface area (Å²) in [6.07, 6.45) is 11.9. The van der Waals surface area contributed by atoms with Crippen molar-refractivity contribution in [1.29, 1.82) is 0 Å². The van der Waals surface area contributed by atoms with Crippen LogP contribution < -0.4 is 10.6 Å². The van der Waals surface area contributed by atoms with E-state index in [1.807, 2.05) is 67.2 Å². The molecule has 0 fully saturated rings. The molecule has 0 radical (unpaired) electrons. The Balaban J connectivity index is 0.000000135. The van der Waals surface area contributed by atoms with Crippen molar-refractivity contribution in [3.8, 4) is 17.2 Å². The monoisotopic (exact) mass is 1830 g/mol. The predicted molar refractivity (Wildman–Crippen MR) is 559 cm³/mol. The van der Waals surface area contributed by atoms with Crippen molar-refractivity contribution in [1.82, 2.24) is 48.2 Å². The Morgan fingerprint density at radius 3 is 1.09 bits per heavy atom. The number of ketones is 7. The van der Waals surface area contributed by atoms with Gasteiger partial charge in [-0.3, -0.25) is 33.6 Å². The van der Waals surface area contributed by atoms with Crippen molar-refractivity contribution in [3.63, 3.8) is 0 Å². The number of halogens is 1. The van der Waals surface area contributed by atoms with Gasteiger partial charge in [0.1, 0.15) is 17.2 Å². The number of aryl methyl sites for hydroxylation is 7. The zero-order chi connectivity index (χ0) is 95.7. The number of phenols is 3. The van der Waals surface area contributed by atoms with E-state index in [4.69, 9.17) is 0 Å². The van der Waals surface area contributed by atoms with E-state index in [0.29, 0.717) is 41.5 Å². The van der Waals surface area contributed by atoms with Crippen LogP contribution in [0.15, 0.2) is 159 Å². The van der Waals surface area contributed by atoms with Gasteiger partial charge in [-0.2, -0.15) is 0 Å². The number of aromatic hydroxyl groups is 3.